The van der Waals surface area contributed by atoms with Crippen LogP contribution in [0.3, 0.4) is 0 Å². The molecule has 2 aliphatic rings. The zero-order valence-electron chi connectivity index (χ0n) is 20.4. The molecule has 2 fully saturated rings. The predicted molar refractivity (Wildman–Crippen MR) is 134 cm³/mol. The number of nitrogens with zero attached hydrogens (tertiary/aromatic N) is 1. The molecule has 33 heavy (non-hydrogen) atoms. The first-order chi connectivity index (χ1) is 15.9. The number of carbonyl (C=O) groups excluding carboxylic acids is 1. The number of rotatable bonds is 8. The molecule has 0 unspecified atom stereocenters. The van der Waals surface area contributed by atoms with E-state index in [0.29, 0.717) is 18.1 Å². The number of piperidine rings is 1. The van der Waals surface area contributed by atoms with E-state index in [1.807, 2.05) is 12.1 Å². The molecule has 1 saturated heterocycles. The number of unbranched alkanes of at least 4 members (excludes halogenated alkanes) is 2. The second-order valence-corrected chi connectivity index (χ2v) is 11.1. The van der Waals surface area contributed by atoms with Gasteiger partial charge in [-0.1, -0.05) is 48.9 Å². The minimum Gasteiger partial charge on any atom is -0.508 e. The van der Waals surface area contributed by atoms with Gasteiger partial charge in [0, 0.05) is 30.2 Å². The summed E-state index contributed by atoms with van der Waals surface area (Å²) in [6.45, 7) is 2.30. The summed E-state index contributed by atoms with van der Waals surface area (Å²) >= 11 is 0. The maximum atomic E-state index is 12.7. The smallest absolute Gasteiger partial charge is 0.220 e. The number of nitrogens with one attached hydrogen (secondary N) is 1. The van der Waals surface area contributed by atoms with E-state index < -0.39 is 0 Å². The number of hydrogen-bond acceptors (Lipinski definition) is 2. The normalized spacial score (nSPS) is 26.4. The molecule has 2 N–H and O–H groups in total. The maximum absolute atomic E-state index is 12.7. The van der Waals surface area contributed by atoms with Crippen molar-refractivity contribution in [2.45, 2.75) is 69.2 Å². The minimum absolute atomic E-state index is 0.0540. The van der Waals surface area contributed by atoms with Gasteiger partial charge in [-0.2, -0.15) is 0 Å². The third kappa shape index (κ3) is 5.97. The number of phenols is 1. The SMILES string of the molecule is C[N+]1(C)CC[C@@]2(c3cccc(O)c3)C[C@@H](NC(=O)CCCCCc3ccccc3)CC[C@@H]2C1. The lowest BCUT2D eigenvalue weighted by molar-refractivity contribution is -0.901. The van der Waals surface area contributed by atoms with E-state index in [1.165, 1.54) is 11.1 Å². The Morgan fingerprint density at radius 3 is 2.67 bits per heavy atom. The van der Waals surface area contributed by atoms with Gasteiger partial charge in [-0.25, -0.2) is 0 Å². The molecule has 178 valence electrons. The van der Waals surface area contributed by atoms with Crippen LogP contribution in [0.25, 0.3) is 0 Å². The van der Waals surface area contributed by atoms with Crippen molar-refractivity contribution in [3.05, 3.63) is 65.7 Å². The minimum atomic E-state index is 0.0540. The standard InChI is InChI=1S/C29H40N2O2/c1-31(2)19-18-29(24-13-9-14-27(32)20-24)21-26(17-16-25(29)22-31)30-28(33)15-8-4-7-12-23-10-5-3-6-11-23/h3,5-6,9-11,13-14,20,25-26H,4,7-8,12,15-19,21-22H2,1-2H3,(H-,30,32,33)/p+1/t25-,26+,29+/m1/s1. The van der Waals surface area contributed by atoms with Gasteiger partial charge in [-0.3, -0.25) is 4.79 Å². The Labute approximate surface area is 199 Å². The second-order valence-electron chi connectivity index (χ2n) is 11.1. The van der Waals surface area contributed by atoms with Gasteiger partial charge >= 0.3 is 0 Å². The van der Waals surface area contributed by atoms with Gasteiger partial charge in [-0.05, 0) is 61.8 Å². The molecule has 4 heteroatoms. The summed E-state index contributed by atoms with van der Waals surface area (Å²) in [6, 6.07) is 18.7. The van der Waals surface area contributed by atoms with Crippen molar-refractivity contribution >= 4 is 5.91 Å². The summed E-state index contributed by atoms with van der Waals surface area (Å²) < 4.78 is 1.06. The number of benzene rings is 2. The molecule has 1 aliphatic carbocycles. The Balaban J connectivity index is 1.32. The topological polar surface area (TPSA) is 49.3 Å². The van der Waals surface area contributed by atoms with Crippen molar-refractivity contribution in [2.75, 3.05) is 27.2 Å². The highest BCUT2D eigenvalue weighted by atomic mass is 16.3. The van der Waals surface area contributed by atoms with E-state index in [-0.39, 0.29) is 17.4 Å². The van der Waals surface area contributed by atoms with Gasteiger partial charge < -0.3 is 14.9 Å². The third-order valence-corrected chi connectivity index (χ3v) is 8.13. The van der Waals surface area contributed by atoms with E-state index in [9.17, 15) is 9.90 Å². The summed E-state index contributed by atoms with van der Waals surface area (Å²) in [6.07, 6.45) is 9.19. The third-order valence-electron chi connectivity index (χ3n) is 8.13. The van der Waals surface area contributed by atoms with Crippen molar-refractivity contribution < 1.29 is 14.4 Å². The number of amides is 1. The molecule has 1 heterocycles. The van der Waals surface area contributed by atoms with Crippen LogP contribution in [0.2, 0.25) is 0 Å². The van der Waals surface area contributed by atoms with Gasteiger partial charge in [-0.15, -0.1) is 0 Å². The Hall–Kier alpha value is -2.33. The highest BCUT2D eigenvalue weighted by Crippen LogP contribution is 2.50. The molecule has 4 rings (SSSR count). The largest absolute Gasteiger partial charge is 0.508 e. The van der Waals surface area contributed by atoms with Crippen molar-refractivity contribution in [3.8, 4) is 5.75 Å². The number of likely N-dealkylation sites (tertiary alicyclic amines) is 1. The first-order valence-corrected chi connectivity index (χ1v) is 12.8. The molecule has 0 radical (unpaired) electrons. The lowest BCUT2D eigenvalue weighted by atomic mass is 9.57. The Morgan fingerprint density at radius 2 is 1.88 bits per heavy atom. The van der Waals surface area contributed by atoms with Gasteiger partial charge in [0.1, 0.15) is 5.75 Å². The zero-order valence-corrected chi connectivity index (χ0v) is 20.4. The van der Waals surface area contributed by atoms with Crippen LogP contribution >= 0.6 is 0 Å². The van der Waals surface area contributed by atoms with Crippen molar-refractivity contribution in [1.82, 2.24) is 5.32 Å². The molecular formula is C29H41N2O2+. The van der Waals surface area contributed by atoms with E-state index >= 15 is 0 Å². The van der Waals surface area contributed by atoms with E-state index in [4.69, 9.17) is 0 Å². The highest BCUT2D eigenvalue weighted by molar-refractivity contribution is 5.76. The molecule has 0 aromatic heterocycles. The summed E-state index contributed by atoms with van der Waals surface area (Å²) in [5.74, 6) is 1.15. The Kier molecular flexibility index (Phi) is 7.43. The fourth-order valence-electron chi connectivity index (χ4n) is 6.32. The first-order valence-electron chi connectivity index (χ1n) is 12.8. The Morgan fingerprint density at radius 1 is 1.06 bits per heavy atom. The summed E-state index contributed by atoms with van der Waals surface area (Å²) in [4.78, 5) is 12.7. The van der Waals surface area contributed by atoms with Crippen LogP contribution < -0.4 is 5.32 Å². The summed E-state index contributed by atoms with van der Waals surface area (Å²) in [7, 11) is 4.66. The molecule has 4 nitrogen and oxygen atoms in total. The molecule has 2 aromatic rings. The maximum Gasteiger partial charge on any atom is 0.220 e. The number of hydrogen-bond donors (Lipinski definition) is 2. The van der Waals surface area contributed by atoms with Gasteiger partial charge in [0.05, 0.1) is 27.2 Å². The lowest BCUT2D eigenvalue weighted by Gasteiger charge is -2.54. The van der Waals surface area contributed by atoms with Gasteiger partial charge in [0.15, 0.2) is 0 Å². The quantitative estimate of drug-likeness (QED) is 0.430. The number of phenolic OH excluding ortho intramolecular Hbond substituents is 1. The average molecular weight is 450 g/mol. The van der Waals surface area contributed by atoms with Crippen LogP contribution in [0.5, 0.6) is 5.75 Å². The molecule has 1 amide bonds. The molecule has 1 aliphatic heterocycles. The van der Waals surface area contributed by atoms with Crippen LogP contribution in [0.15, 0.2) is 54.6 Å². The number of aryl methyl sites for hydroxylation is 1. The van der Waals surface area contributed by atoms with Crippen LogP contribution in [-0.2, 0) is 16.6 Å². The first kappa shape index (κ1) is 23.8. The van der Waals surface area contributed by atoms with E-state index in [1.54, 1.807) is 6.07 Å². The predicted octanol–water partition coefficient (Wildman–Crippen LogP) is 5.20. The molecule has 1 saturated carbocycles. The second kappa shape index (κ2) is 10.3. The van der Waals surface area contributed by atoms with Crippen molar-refractivity contribution in [1.29, 1.82) is 0 Å². The van der Waals surface area contributed by atoms with Crippen LogP contribution in [-0.4, -0.2) is 48.7 Å². The van der Waals surface area contributed by atoms with Crippen LogP contribution in [0.4, 0.5) is 0 Å². The molecule has 3 atom stereocenters. The summed E-state index contributed by atoms with van der Waals surface area (Å²) in [5.41, 5.74) is 2.69. The molecule has 0 bridgehead atoms. The lowest BCUT2D eigenvalue weighted by Crippen LogP contribution is -2.60. The van der Waals surface area contributed by atoms with Crippen LogP contribution in [0.1, 0.15) is 62.5 Å². The van der Waals surface area contributed by atoms with Gasteiger partial charge in [0.25, 0.3) is 0 Å². The van der Waals surface area contributed by atoms with E-state index in [0.717, 1.165) is 68.9 Å². The van der Waals surface area contributed by atoms with E-state index in [2.05, 4.69) is 55.8 Å². The van der Waals surface area contributed by atoms with Gasteiger partial charge in [0.2, 0.25) is 5.91 Å². The molecule has 2 aromatic carbocycles. The number of aromatic hydroxyl groups is 1. The molecular weight excluding hydrogens is 408 g/mol. The fourth-order valence-corrected chi connectivity index (χ4v) is 6.32. The molecule has 0 spiro atoms. The van der Waals surface area contributed by atoms with Crippen molar-refractivity contribution in [2.24, 2.45) is 5.92 Å². The average Bonchev–Trinajstić information content (AvgIpc) is 2.79. The number of quaternary nitrogens is 1. The zero-order chi connectivity index (χ0) is 23.3. The number of carbonyl (C=O) groups is 1. The monoisotopic (exact) mass is 449 g/mol. The van der Waals surface area contributed by atoms with Crippen LogP contribution in [0, 0.1) is 5.92 Å². The highest BCUT2D eigenvalue weighted by Gasteiger charge is 2.51. The number of fused-ring (bicyclic) bond motifs is 1. The van der Waals surface area contributed by atoms with Crippen molar-refractivity contribution in [3.63, 3.8) is 0 Å². The fraction of sp³-hybridized carbons (Fsp3) is 0.552. The Bertz CT molecular complexity index is 926. The summed E-state index contributed by atoms with van der Waals surface area (Å²) in [5, 5.41) is 13.6.